The number of nitrogens with one attached hydrogen (secondary N) is 1. The van der Waals surface area contributed by atoms with Gasteiger partial charge in [-0.05, 0) is 20.8 Å². The first-order chi connectivity index (χ1) is 8.43. The minimum Gasteiger partial charge on any atom is -0.467 e. The number of nitrogens with zero attached hydrogens (tertiary/aromatic N) is 3. The van der Waals surface area contributed by atoms with Gasteiger partial charge >= 0.3 is 6.01 Å². The van der Waals surface area contributed by atoms with Crippen LogP contribution >= 0.6 is 0 Å². The third-order valence-corrected chi connectivity index (χ3v) is 3.40. The molecule has 2 heterocycles. The molecule has 0 spiro atoms. The largest absolute Gasteiger partial charge is 0.467 e. The predicted molar refractivity (Wildman–Crippen MR) is 72.2 cm³/mol. The number of rotatable bonds is 2. The van der Waals surface area contributed by atoms with E-state index in [1.165, 1.54) is 5.56 Å². The summed E-state index contributed by atoms with van der Waals surface area (Å²) in [5, 5.41) is 3.38. The summed E-state index contributed by atoms with van der Waals surface area (Å²) in [6, 6.07) is 0.460. The van der Waals surface area contributed by atoms with E-state index in [9.17, 15) is 0 Å². The maximum absolute atomic E-state index is 5.21. The van der Waals surface area contributed by atoms with Gasteiger partial charge in [-0.25, -0.2) is 0 Å². The monoisotopic (exact) mass is 250 g/mol. The molecule has 2 rings (SSSR count). The molecule has 5 nitrogen and oxygen atoms in total. The van der Waals surface area contributed by atoms with Gasteiger partial charge < -0.3 is 15.0 Å². The summed E-state index contributed by atoms with van der Waals surface area (Å²) in [5.41, 5.74) is 2.32. The Hall–Kier alpha value is -1.36. The Kier molecular flexibility index (Phi) is 3.43. The van der Waals surface area contributed by atoms with Crippen LogP contribution in [0, 0.1) is 0 Å². The van der Waals surface area contributed by atoms with Gasteiger partial charge in [0, 0.05) is 37.7 Å². The smallest absolute Gasteiger partial charge is 0.318 e. The molecule has 5 heteroatoms. The van der Waals surface area contributed by atoms with Crippen LogP contribution in [0.1, 0.15) is 32.0 Å². The number of fused-ring (bicyclic) bond motifs is 1. The molecular weight excluding hydrogens is 228 g/mol. The molecule has 0 saturated heterocycles. The van der Waals surface area contributed by atoms with E-state index in [2.05, 4.69) is 48.0 Å². The summed E-state index contributed by atoms with van der Waals surface area (Å²) >= 11 is 0. The third-order valence-electron chi connectivity index (χ3n) is 3.40. The van der Waals surface area contributed by atoms with Crippen LogP contribution in [0.2, 0.25) is 0 Å². The van der Waals surface area contributed by atoms with Gasteiger partial charge in [0.2, 0.25) is 0 Å². The SMILES string of the molecule is COc1nc2c(c(N(C)C(C)(C)C)n1)CNCC2. The van der Waals surface area contributed by atoms with E-state index in [0.717, 1.165) is 31.0 Å². The lowest BCUT2D eigenvalue weighted by Gasteiger charge is -2.35. The second-order valence-corrected chi connectivity index (χ2v) is 5.62. The summed E-state index contributed by atoms with van der Waals surface area (Å²) in [5.74, 6) is 0.969. The molecule has 0 bridgehead atoms. The van der Waals surface area contributed by atoms with Gasteiger partial charge in [0.1, 0.15) is 5.82 Å². The van der Waals surface area contributed by atoms with Crippen molar-refractivity contribution in [2.45, 2.75) is 39.3 Å². The first-order valence-corrected chi connectivity index (χ1v) is 6.32. The van der Waals surface area contributed by atoms with Crippen LogP contribution in [0.5, 0.6) is 6.01 Å². The number of hydrogen-bond acceptors (Lipinski definition) is 5. The van der Waals surface area contributed by atoms with Crippen molar-refractivity contribution < 1.29 is 4.74 Å². The van der Waals surface area contributed by atoms with Crippen LogP contribution in [0.25, 0.3) is 0 Å². The zero-order valence-electron chi connectivity index (χ0n) is 11.9. The molecule has 1 aliphatic heterocycles. The average Bonchev–Trinajstić information content (AvgIpc) is 2.35. The molecular formula is C13H22N4O. The van der Waals surface area contributed by atoms with E-state index in [1.807, 2.05) is 0 Å². The lowest BCUT2D eigenvalue weighted by atomic mass is 10.0. The molecule has 0 saturated carbocycles. The molecule has 18 heavy (non-hydrogen) atoms. The molecule has 1 N–H and O–H groups in total. The van der Waals surface area contributed by atoms with Crippen molar-refractivity contribution >= 4 is 5.82 Å². The summed E-state index contributed by atoms with van der Waals surface area (Å²) < 4.78 is 5.21. The van der Waals surface area contributed by atoms with Crippen LogP contribution in [0.15, 0.2) is 0 Å². The highest BCUT2D eigenvalue weighted by atomic mass is 16.5. The van der Waals surface area contributed by atoms with E-state index in [4.69, 9.17) is 4.74 Å². The fourth-order valence-corrected chi connectivity index (χ4v) is 1.99. The van der Waals surface area contributed by atoms with Crippen molar-refractivity contribution in [3.63, 3.8) is 0 Å². The van der Waals surface area contributed by atoms with E-state index in [1.54, 1.807) is 7.11 Å². The standard InChI is InChI=1S/C13H22N4O/c1-13(2,3)17(4)11-9-8-14-7-6-10(9)15-12(16-11)18-5/h14H,6-8H2,1-5H3. The zero-order valence-corrected chi connectivity index (χ0v) is 11.9. The number of hydrogen-bond donors (Lipinski definition) is 1. The molecule has 0 aromatic carbocycles. The number of aromatic nitrogens is 2. The maximum atomic E-state index is 5.21. The van der Waals surface area contributed by atoms with Gasteiger partial charge in [-0.1, -0.05) is 0 Å². The van der Waals surface area contributed by atoms with Crippen molar-refractivity contribution in [2.24, 2.45) is 0 Å². The normalized spacial score (nSPS) is 15.2. The fraction of sp³-hybridized carbons (Fsp3) is 0.692. The maximum Gasteiger partial charge on any atom is 0.318 e. The number of ether oxygens (including phenoxy) is 1. The Morgan fingerprint density at radius 2 is 2.00 bits per heavy atom. The Labute approximate surface area is 109 Å². The minimum atomic E-state index is 0.0184. The number of methoxy groups -OCH3 is 1. The Balaban J connectivity index is 2.50. The quantitative estimate of drug-likeness (QED) is 0.859. The topological polar surface area (TPSA) is 50.3 Å². The molecule has 0 atom stereocenters. The molecule has 0 unspecified atom stereocenters. The van der Waals surface area contributed by atoms with Crippen molar-refractivity contribution in [1.82, 2.24) is 15.3 Å². The zero-order chi connectivity index (χ0) is 13.3. The minimum absolute atomic E-state index is 0.0184. The fourth-order valence-electron chi connectivity index (χ4n) is 1.99. The highest BCUT2D eigenvalue weighted by Gasteiger charge is 2.25. The second kappa shape index (κ2) is 4.72. The lowest BCUT2D eigenvalue weighted by Crippen LogP contribution is -2.40. The molecule has 0 amide bonds. The van der Waals surface area contributed by atoms with Crippen molar-refractivity contribution in [2.75, 3.05) is 25.6 Å². The molecule has 100 valence electrons. The van der Waals surface area contributed by atoms with Gasteiger partial charge in [-0.15, -0.1) is 0 Å². The van der Waals surface area contributed by atoms with Gasteiger partial charge in [0.25, 0.3) is 0 Å². The van der Waals surface area contributed by atoms with E-state index >= 15 is 0 Å². The van der Waals surface area contributed by atoms with Crippen LogP contribution in [-0.4, -0.2) is 36.2 Å². The van der Waals surface area contributed by atoms with Gasteiger partial charge in [0.15, 0.2) is 0 Å². The summed E-state index contributed by atoms with van der Waals surface area (Å²) in [6.45, 7) is 8.31. The highest BCUT2D eigenvalue weighted by molar-refractivity contribution is 5.52. The molecule has 1 aromatic heterocycles. The van der Waals surface area contributed by atoms with Crippen molar-refractivity contribution in [3.05, 3.63) is 11.3 Å². The van der Waals surface area contributed by atoms with Crippen molar-refractivity contribution in [1.29, 1.82) is 0 Å². The molecule has 0 aliphatic carbocycles. The van der Waals surface area contributed by atoms with Crippen LogP contribution in [0.3, 0.4) is 0 Å². The Morgan fingerprint density at radius 3 is 2.61 bits per heavy atom. The highest BCUT2D eigenvalue weighted by Crippen LogP contribution is 2.29. The van der Waals surface area contributed by atoms with Crippen LogP contribution < -0.4 is 15.0 Å². The first-order valence-electron chi connectivity index (χ1n) is 6.32. The average molecular weight is 250 g/mol. The van der Waals surface area contributed by atoms with E-state index < -0.39 is 0 Å². The molecule has 1 aromatic rings. The van der Waals surface area contributed by atoms with Crippen LogP contribution in [0.4, 0.5) is 5.82 Å². The van der Waals surface area contributed by atoms with Gasteiger partial charge in [-0.3, -0.25) is 0 Å². The second-order valence-electron chi connectivity index (χ2n) is 5.62. The Bertz CT molecular complexity index is 439. The first kappa shape index (κ1) is 13.1. The van der Waals surface area contributed by atoms with Gasteiger partial charge in [0.05, 0.1) is 12.8 Å². The van der Waals surface area contributed by atoms with Crippen LogP contribution in [-0.2, 0) is 13.0 Å². The molecule has 0 fully saturated rings. The molecule has 1 aliphatic rings. The summed E-state index contributed by atoms with van der Waals surface area (Å²) in [4.78, 5) is 11.2. The van der Waals surface area contributed by atoms with Crippen molar-refractivity contribution in [3.8, 4) is 6.01 Å². The van der Waals surface area contributed by atoms with E-state index in [0.29, 0.717) is 6.01 Å². The van der Waals surface area contributed by atoms with Gasteiger partial charge in [-0.2, -0.15) is 9.97 Å². The predicted octanol–water partition coefficient (Wildman–Crippen LogP) is 1.37. The summed E-state index contributed by atoms with van der Waals surface area (Å²) in [7, 11) is 3.68. The summed E-state index contributed by atoms with van der Waals surface area (Å²) in [6.07, 6.45) is 0.930. The van der Waals surface area contributed by atoms with E-state index in [-0.39, 0.29) is 5.54 Å². The molecule has 0 radical (unpaired) electrons. The number of anilines is 1. The Morgan fingerprint density at radius 1 is 1.28 bits per heavy atom. The third kappa shape index (κ3) is 2.41. The lowest BCUT2D eigenvalue weighted by molar-refractivity contribution is 0.374.